The number of nitrogens with zero attached hydrogens (tertiary/aromatic N) is 1. The first-order valence-electron chi connectivity index (χ1n) is 5.60. The molecular weight excluding hydrogens is 242 g/mol. The SMILES string of the molecule is Cc1noc(C)c1S(=O)(=O)NCC(N)C1CC1. The van der Waals surface area contributed by atoms with Crippen molar-refractivity contribution in [2.75, 3.05) is 6.54 Å². The van der Waals surface area contributed by atoms with Gasteiger partial charge in [0.1, 0.15) is 10.6 Å². The van der Waals surface area contributed by atoms with Gasteiger partial charge >= 0.3 is 0 Å². The fourth-order valence-corrected chi connectivity index (χ4v) is 3.23. The maximum Gasteiger partial charge on any atom is 0.246 e. The van der Waals surface area contributed by atoms with Crippen molar-refractivity contribution in [2.45, 2.75) is 37.6 Å². The van der Waals surface area contributed by atoms with Crippen LogP contribution in [0, 0.1) is 19.8 Å². The molecule has 1 fully saturated rings. The molecule has 3 N–H and O–H groups in total. The average Bonchev–Trinajstić information content (AvgIpc) is 3.02. The van der Waals surface area contributed by atoms with Gasteiger partial charge in [0.2, 0.25) is 10.0 Å². The molecule has 0 radical (unpaired) electrons. The molecule has 1 aliphatic carbocycles. The molecule has 1 unspecified atom stereocenters. The smallest absolute Gasteiger partial charge is 0.246 e. The van der Waals surface area contributed by atoms with Crippen molar-refractivity contribution < 1.29 is 12.9 Å². The first-order valence-corrected chi connectivity index (χ1v) is 7.08. The fourth-order valence-electron chi connectivity index (χ4n) is 1.83. The summed E-state index contributed by atoms with van der Waals surface area (Å²) in [6.07, 6.45) is 2.18. The van der Waals surface area contributed by atoms with Gasteiger partial charge in [-0.3, -0.25) is 0 Å². The van der Waals surface area contributed by atoms with E-state index in [1.807, 2.05) is 0 Å². The van der Waals surface area contributed by atoms with Crippen LogP contribution in [0.1, 0.15) is 24.3 Å². The normalized spacial score (nSPS) is 18.3. The lowest BCUT2D eigenvalue weighted by Crippen LogP contribution is -2.38. The van der Waals surface area contributed by atoms with E-state index in [-0.39, 0.29) is 17.5 Å². The zero-order valence-corrected chi connectivity index (χ0v) is 10.8. The highest BCUT2D eigenvalue weighted by Gasteiger charge is 2.30. The molecule has 1 aromatic heterocycles. The lowest BCUT2D eigenvalue weighted by molar-refractivity contribution is 0.390. The van der Waals surface area contributed by atoms with E-state index in [1.165, 1.54) is 0 Å². The second kappa shape index (κ2) is 4.40. The van der Waals surface area contributed by atoms with Crippen LogP contribution in [0.5, 0.6) is 0 Å². The van der Waals surface area contributed by atoms with Crippen LogP contribution in [0.25, 0.3) is 0 Å². The van der Waals surface area contributed by atoms with Crippen molar-refractivity contribution in [1.82, 2.24) is 9.88 Å². The number of nitrogens with one attached hydrogen (secondary N) is 1. The van der Waals surface area contributed by atoms with Gasteiger partial charge in [-0.05, 0) is 32.6 Å². The third-order valence-electron chi connectivity index (χ3n) is 2.97. The van der Waals surface area contributed by atoms with Crippen LogP contribution in [0.3, 0.4) is 0 Å². The third kappa shape index (κ3) is 2.67. The molecule has 1 aliphatic rings. The topological polar surface area (TPSA) is 98.2 Å². The van der Waals surface area contributed by atoms with Crippen molar-refractivity contribution in [1.29, 1.82) is 0 Å². The quantitative estimate of drug-likeness (QED) is 0.792. The van der Waals surface area contributed by atoms with Gasteiger partial charge < -0.3 is 10.3 Å². The maximum absolute atomic E-state index is 12.0. The summed E-state index contributed by atoms with van der Waals surface area (Å²) >= 11 is 0. The molecule has 0 bridgehead atoms. The number of hydrogen-bond acceptors (Lipinski definition) is 5. The predicted octanol–water partition coefficient (Wildman–Crippen LogP) is 0.307. The molecule has 1 atom stereocenters. The lowest BCUT2D eigenvalue weighted by Gasteiger charge is -2.11. The molecule has 7 heteroatoms. The Morgan fingerprint density at radius 2 is 2.18 bits per heavy atom. The number of aryl methyl sites for hydroxylation is 2. The monoisotopic (exact) mass is 259 g/mol. The van der Waals surface area contributed by atoms with Crippen LogP contribution in [0.4, 0.5) is 0 Å². The Labute approximate surface area is 101 Å². The van der Waals surface area contributed by atoms with Crippen molar-refractivity contribution >= 4 is 10.0 Å². The van der Waals surface area contributed by atoms with Crippen LogP contribution in [0.15, 0.2) is 9.42 Å². The van der Waals surface area contributed by atoms with Crippen LogP contribution < -0.4 is 10.5 Å². The molecular formula is C10H17N3O3S. The van der Waals surface area contributed by atoms with Crippen molar-refractivity contribution in [3.05, 3.63) is 11.5 Å². The Kier molecular flexibility index (Phi) is 3.24. The largest absolute Gasteiger partial charge is 0.360 e. The van der Waals surface area contributed by atoms with E-state index >= 15 is 0 Å². The summed E-state index contributed by atoms with van der Waals surface area (Å²) in [6.45, 7) is 3.44. The molecule has 17 heavy (non-hydrogen) atoms. The van der Waals surface area contributed by atoms with E-state index in [0.717, 1.165) is 12.8 Å². The highest BCUT2D eigenvalue weighted by molar-refractivity contribution is 7.89. The van der Waals surface area contributed by atoms with E-state index in [0.29, 0.717) is 17.4 Å². The molecule has 0 amide bonds. The van der Waals surface area contributed by atoms with Gasteiger partial charge in [-0.1, -0.05) is 5.16 Å². The number of rotatable bonds is 5. The Morgan fingerprint density at radius 1 is 1.53 bits per heavy atom. The summed E-state index contributed by atoms with van der Waals surface area (Å²) in [5.74, 6) is 0.761. The van der Waals surface area contributed by atoms with Crippen LogP contribution in [-0.4, -0.2) is 26.2 Å². The fraction of sp³-hybridized carbons (Fsp3) is 0.700. The maximum atomic E-state index is 12.0. The molecule has 6 nitrogen and oxygen atoms in total. The molecule has 0 aliphatic heterocycles. The van der Waals surface area contributed by atoms with Crippen molar-refractivity contribution in [3.63, 3.8) is 0 Å². The molecule has 1 heterocycles. The van der Waals surface area contributed by atoms with Gasteiger partial charge in [-0.25, -0.2) is 13.1 Å². The van der Waals surface area contributed by atoms with E-state index in [4.69, 9.17) is 10.3 Å². The summed E-state index contributed by atoms with van der Waals surface area (Å²) in [5.41, 5.74) is 6.22. The number of hydrogen-bond donors (Lipinski definition) is 2. The highest BCUT2D eigenvalue weighted by Crippen LogP contribution is 2.31. The Hall–Kier alpha value is -0.920. The summed E-state index contributed by atoms with van der Waals surface area (Å²) < 4.78 is 31.4. The Balaban J connectivity index is 2.08. The molecule has 0 saturated heterocycles. The molecule has 0 aromatic carbocycles. The molecule has 96 valence electrons. The number of aromatic nitrogens is 1. The summed E-state index contributed by atoms with van der Waals surface area (Å²) in [4.78, 5) is 0.125. The van der Waals surface area contributed by atoms with Crippen LogP contribution in [-0.2, 0) is 10.0 Å². The van der Waals surface area contributed by atoms with E-state index in [9.17, 15) is 8.42 Å². The summed E-state index contributed by atoms with van der Waals surface area (Å²) in [7, 11) is -3.57. The molecule has 2 rings (SSSR count). The highest BCUT2D eigenvalue weighted by atomic mass is 32.2. The Bertz CT molecular complexity index is 485. The van der Waals surface area contributed by atoms with Crippen LogP contribution >= 0.6 is 0 Å². The third-order valence-corrected chi connectivity index (χ3v) is 4.64. The standard InChI is InChI=1S/C10H17N3O3S/c1-6-10(7(2)16-13-6)17(14,15)12-5-9(11)8-3-4-8/h8-9,12H,3-5,11H2,1-2H3. The summed E-state index contributed by atoms with van der Waals surface area (Å²) in [6, 6.07) is -0.106. The van der Waals surface area contributed by atoms with Crippen molar-refractivity contribution in [3.8, 4) is 0 Å². The first-order chi connectivity index (χ1) is 7.92. The van der Waals surface area contributed by atoms with Gasteiger partial charge in [0.05, 0.1) is 0 Å². The van der Waals surface area contributed by atoms with Gasteiger partial charge in [-0.2, -0.15) is 0 Å². The van der Waals surface area contributed by atoms with E-state index in [1.54, 1.807) is 13.8 Å². The minimum absolute atomic E-state index is 0.106. The zero-order chi connectivity index (χ0) is 12.6. The average molecular weight is 259 g/mol. The van der Waals surface area contributed by atoms with E-state index < -0.39 is 10.0 Å². The first kappa shape index (κ1) is 12.5. The Morgan fingerprint density at radius 3 is 2.65 bits per heavy atom. The molecule has 0 spiro atoms. The molecule has 1 saturated carbocycles. The van der Waals surface area contributed by atoms with Gasteiger partial charge in [0.25, 0.3) is 0 Å². The van der Waals surface area contributed by atoms with Gasteiger partial charge in [0, 0.05) is 12.6 Å². The second-order valence-electron chi connectivity index (χ2n) is 4.51. The summed E-state index contributed by atoms with van der Waals surface area (Å²) in [5, 5.41) is 3.63. The molecule has 1 aromatic rings. The van der Waals surface area contributed by atoms with E-state index in [2.05, 4.69) is 9.88 Å². The second-order valence-corrected chi connectivity index (χ2v) is 6.21. The number of nitrogens with two attached hydrogens (primary N) is 1. The number of sulfonamides is 1. The lowest BCUT2D eigenvalue weighted by atomic mass is 10.2. The van der Waals surface area contributed by atoms with Crippen molar-refractivity contribution in [2.24, 2.45) is 11.7 Å². The van der Waals surface area contributed by atoms with Gasteiger partial charge in [0.15, 0.2) is 5.76 Å². The zero-order valence-electron chi connectivity index (χ0n) is 9.93. The predicted molar refractivity (Wildman–Crippen MR) is 61.9 cm³/mol. The minimum atomic E-state index is -3.57. The van der Waals surface area contributed by atoms with Crippen LogP contribution in [0.2, 0.25) is 0 Å². The van der Waals surface area contributed by atoms with Gasteiger partial charge in [-0.15, -0.1) is 0 Å². The minimum Gasteiger partial charge on any atom is -0.360 e.